The molecule has 9 heteroatoms. The summed E-state index contributed by atoms with van der Waals surface area (Å²) in [6, 6.07) is 5.36. The van der Waals surface area contributed by atoms with Crippen LogP contribution in [0.2, 0.25) is 0 Å². The van der Waals surface area contributed by atoms with E-state index in [9.17, 15) is 26.3 Å². The van der Waals surface area contributed by atoms with Crippen LogP contribution >= 0.6 is 0 Å². The van der Waals surface area contributed by atoms with E-state index in [0.717, 1.165) is 0 Å². The Kier molecular flexibility index (Phi) is 5.46. The molecule has 0 aromatic heterocycles. The average molecular weight is 317 g/mol. The van der Waals surface area contributed by atoms with E-state index in [4.69, 9.17) is 10.5 Å². The number of hydrogen-bond acceptors (Lipinski definition) is 3. The van der Waals surface area contributed by atoms with Crippen LogP contribution in [0.15, 0.2) is 24.3 Å². The molecule has 0 amide bonds. The molecule has 0 bridgehead atoms. The van der Waals surface area contributed by atoms with Crippen LogP contribution < -0.4 is 10.5 Å². The van der Waals surface area contributed by atoms with Crippen molar-refractivity contribution in [2.45, 2.75) is 24.6 Å². The number of benzene rings is 1. The Morgan fingerprint density at radius 2 is 1.48 bits per heavy atom. The van der Waals surface area contributed by atoms with Gasteiger partial charge in [0.2, 0.25) is 6.10 Å². The molecule has 2 N–H and O–H groups in total. The summed E-state index contributed by atoms with van der Waals surface area (Å²) in [6.45, 7) is -0.533. The van der Waals surface area contributed by atoms with Gasteiger partial charge >= 0.3 is 12.4 Å². The van der Waals surface area contributed by atoms with Crippen LogP contribution in [0, 0.1) is 0 Å². The third-order valence-corrected chi connectivity index (χ3v) is 2.60. The van der Waals surface area contributed by atoms with Crippen molar-refractivity contribution in [3.05, 3.63) is 29.8 Å². The molecule has 1 aromatic rings. The van der Waals surface area contributed by atoms with Gasteiger partial charge in [-0.25, -0.2) is 0 Å². The Morgan fingerprint density at radius 3 is 1.81 bits per heavy atom. The van der Waals surface area contributed by atoms with Gasteiger partial charge in [-0.05, 0) is 17.7 Å². The largest absolute Gasteiger partial charge is 0.497 e. The lowest BCUT2D eigenvalue weighted by Gasteiger charge is -2.27. The first-order valence-corrected chi connectivity index (χ1v) is 5.72. The minimum Gasteiger partial charge on any atom is -0.497 e. The van der Waals surface area contributed by atoms with Crippen LogP contribution in [-0.4, -0.2) is 32.1 Å². The quantitative estimate of drug-likeness (QED) is 0.848. The molecule has 21 heavy (non-hydrogen) atoms. The molecule has 0 saturated carbocycles. The number of ether oxygens (including phenoxy) is 2. The second-order valence-electron chi connectivity index (χ2n) is 4.10. The number of halogens is 6. The van der Waals surface area contributed by atoms with Crippen LogP contribution in [0.3, 0.4) is 0 Å². The second-order valence-corrected chi connectivity index (χ2v) is 4.10. The van der Waals surface area contributed by atoms with E-state index >= 15 is 0 Å². The normalized spacial score (nSPS) is 14.3. The van der Waals surface area contributed by atoms with E-state index in [1.807, 2.05) is 0 Å². The maximum Gasteiger partial charge on any atom is 0.423 e. The lowest BCUT2D eigenvalue weighted by molar-refractivity contribution is -0.331. The molecule has 3 nitrogen and oxygen atoms in total. The number of rotatable bonds is 5. The van der Waals surface area contributed by atoms with Gasteiger partial charge in [0.15, 0.2) is 0 Å². The highest BCUT2D eigenvalue weighted by molar-refractivity contribution is 5.28. The monoisotopic (exact) mass is 317 g/mol. The smallest absolute Gasteiger partial charge is 0.423 e. The third kappa shape index (κ3) is 4.78. The Bertz CT molecular complexity index is 429. The van der Waals surface area contributed by atoms with Crippen molar-refractivity contribution in [1.82, 2.24) is 0 Å². The SMILES string of the molecule is COc1ccc(C(CN)OC(C(F)(F)F)C(F)(F)F)cc1. The number of nitrogens with two attached hydrogens (primary N) is 1. The summed E-state index contributed by atoms with van der Waals surface area (Å²) in [5, 5.41) is 0. The maximum absolute atomic E-state index is 12.4. The van der Waals surface area contributed by atoms with E-state index in [-0.39, 0.29) is 5.56 Å². The molecule has 0 aliphatic rings. The van der Waals surface area contributed by atoms with Crippen LogP contribution in [0.25, 0.3) is 0 Å². The van der Waals surface area contributed by atoms with Gasteiger partial charge in [0, 0.05) is 6.54 Å². The van der Waals surface area contributed by atoms with E-state index < -0.39 is 31.1 Å². The molecule has 1 aromatic carbocycles. The highest BCUT2D eigenvalue weighted by Gasteiger charge is 2.58. The summed E-state index contributed by atoms with van der Waals surface area (Å²) >= 11 is 0. The molecule has 0 aliphatic heterocycles. The van der Waals surface area contributed by atoms with Gasteiger partial charge < -0.3 is 15.2 Å². The lowest BCUT2D eigenvalue weighted by atomic mass is 10.1. The zero-order valence-corrected chi connectivity index (χ0v) is 10.8. The van der Waals surface area contributed by atoms with E-state index in [2.05, 4.69) is 4.74 Å². The number of alkyl halides is 6. The fourth-order valence-corrected chi connectivity index (χ4v) is 1.59. The fourth-order valence-electron chi connectivity index (χ4n) is 1.59. The Morgan fingerprint density at radius 1 is 1.00 bits per heavy atom. The molecule has 0 radical (unpaired) electrons. The maximum atomic E-state index is 12.4. The molecule has 1 unspecified atom stereocenters. The summed E-state index contributed by atoms with van der Waals surface area (Å²) in [5.41, 5.74) is 5.31. The van der Waals surface area contributed by atoms with Crippen LogP contribution in [-0.2, 0) is 4.74 Å². The zero-order chi connectivity index (χ0) is 16.3. The molecule has 120 valence electrons. The van der Waals surface area contributed by atoms with Crippen LogP contribution in [0.5, 0.6) is 5.75 Å². The van der Waals surface area contributed by atoms with Gasteiger partial charge in [-0.2, -0.15) is 26.3 Å². The van der Waals surface area contributed by atoms with Gasteiger partial charge in [0.05, 0.1) is 13.2 Å². The highest BCUT2D eigenvalue weighted by Crippen LogP contribution is 2.38. The lowest BCUT2D eigenvalue weighted by Crippen LogP contribution is -2.45. The summed E-state index contributed by atoms with van der Waals surface area (Å²) in [6.07, 6.45) is -16.6. The molecule has 0 fully saturated rings. The summed E-state index contributed by atoms with van der Waals surface area (Å²) in [5.74, 6) is 0.401. The third-order valence-electron chi connectivity index (χ3n) is 2.60. The van der Waals surface area contributed by atoms with Gasteiger partial charge in [-0.15, -0.1) is 0 Å². The van der Waals surface area contributed by atoms with Crippen molar-refractivity contribution in [2.24, 2.45) is 5.73 Å². The molecule has 0 spiro atoms. The average Bonchev–Trinajstić information content (AvgIpc) is 2.37. The second kappa shape index (κ2) is 6.52. The number of hydrogen-bond donors (Lipinski definition) is 1. The molecule has 1 rings (SSSR count). The standard InChI is InChI=1S/C12H13F6NO2/c1-20-8-4-2-7(3-5-8)9(6-19)21-10(11(13,14)15)12(16,17)18/h2-5,9-10H,6,19H2,1H3. The van der Waals surface area contributed by atoms with Gasteiger partial charge in [0.25, 0.3) is 0 Å². The zero-order valence-electron chi connectivity index (χ0n) is 10.8. The molecule has 0 heterocycles. The molecule has 0 saturated heterocycles. The first kappa shape index (κ1) is 17.6. The van der Waals surface area contributed by atoms with Crippen LogP contribution in [0.1, 0.15) is 11.7 Å². The van der Waals surface area contributed by atoms with E-state index in [1.165, 1.54) is 31.4 Å². The minimum atomic E-state index is -5.57. The summed E-state index contributed by atoms with van der Waals surface area (Å²) in [4.78, 5) is 0. The van der Waals surface area contributed by atoms with Crippen LogP contribution in [0.4, 0.5) is 26.3 Å². The van der Waals surface area contributed by atoms with Gasteiger partial charge in [-0.3, -0.25) is 0 Å². The Balaban J connectivity index is 2.98. The predicted octanol–water partition coefficient (Wildman–Crippen LogP) is 3.20. The van der Waals surface area contributed by atoms with Crippen molar-refractivity contribution < 1.29 is 35.8 Å². The molecular formula is C12H13F6NO2. The van der Waals surface area contributed by atoms with E-state index in [0.29, 0.717) is 5.75 Å². The summed E-state index contributed by atoms with van der Waals surface area (Å²) < 4.78 is 83.7. The van der Waals surface area contributed by atoms with Crippen molar-refractivity contribution >= 4 is 0 Å². The first-order chi connectivity index (χ1) is 9.59. The number of methoxy groups -OCH3 is 1. The molecule has 1 atom stereocenters. The minimum absolute atomic E-state index is 0.0943. The first-order valence-electron chi connectivity index (χ1n) is 5.72. The van der Waals surface area contributed by atoms with E-state index in [1.54, 1.807) is 0 Å². The Hall–Kier alpha value is -1.48. The van der Waals surface area contributed by atoms with Crippen molar-refractivity contribution in [3.63, 3.8) is 0 Å². The van der Waals surface area contributed by atoms with Gasteiger partial charge in [0.1, 0.15) is 5.75 Å². The van der Waals surface area contributed by atoms with Crippen molar-refractivity contribution in [1.29, 1.82) is 0 Å². The molecular weight excluding hydrogens is 304 g/mol. The van der Waals surface area contributed by atoms with Crippen molar-refractivity contribution in [2.75, 3.05) is 13.7 Å². The molecule has 0 aliphatic carbocycles. The van der Waals surface area contributed by atoms with Crippen molar-refractivity contribution in [3.8, 4) is 5.75 Å². The summed E-state index contributed by atoms with van der Waals surface area (Å²) in [7, 11) is 1.37. The fraction of sp³-hybridized carbons (Fsp3) is 0.500. The highest BCUT2D eigenvalue weighted by atomic mass is 19.4. The topological polar surface area (TPSA) is 44.5 Å². The Labute approximate surface area is 116 Å². The predicted molar refractivity (Wildman–Crippen MR) is 61.8 cm³/mol. The van der Waals surface area contributed by atoms with Gasteiger partial charge in [-0.1, -0.05) is 12.1 Å².